The average Bonchev–Trinajstić information content (AvgIpc) is 2.49. The number of benzene rings is 1. The summed E-state index contributed by atoms with van der Waals surface area (Å²) in [7, 11) is 1.57. The number of methoxy groups -OCH3 is 1. The Morgan fingerprint density at radius 1 is 1.56 bits per heavy atom. The van der Waals surface area contributed by atoms with Gasteiger partial charge in [-0.1, -0.05) is 0 Å². The van der Waals surface area contributed by atoms with E-state index >= 15 is 0 Å². The zero-order valence-electron chi connectivity index (χ0n) is 10.5. The second kappa shape index (κ2) is 5.27. The Bertz CT molecular complexity index is 447. The normalized spacial score (nSPS) is 22.4. The minimum atomic E-state index is -0.790. The highest BCUT2D eigenvalue weighted by molar-refractivity contribution is 5.73. The number of rotatable bonds is 2. The van der Waals surface area contributed by atoms with Gasteiger partial charge in [-0.3, -0.25) is 4.79 Å². The number of fused-ring (bicyclic) bond motifs is 1. The minimum Gasteiger partial charge on any atom is -0.497 e. The number of carbonyl (C=O) groups excluding carboxylic acids is 1. The molecule has 0 aliphatic carbocycles. The summed E-state index contributed by atoms with van der Waals surface area (Å²) < 4.78 is 10.7. The van der Waals surface area contributed by atoms with Gasteiger partial charge in [-0.05, 0) is 18.2 Å². The van der Waals surface area contributed by atoms with Crippen molar-refractivity contribution in [2.75, 3.05) is 13.7 Å². The van der Waals surface area contributed by atoms with E-state index in [0.29, 0.717) is 30.1 Å². The summed E-state index contributed by atoms with van der Waals surface area (Å²) >= 11 is 0. The molecule has 0 saturated heterocycles. The van der Waals surface area contributed by atoms with Crippen LogP contribution in [-0.2, 0) is 4.79 Å². The molecule has 1 aromatic carbocycles. The Labute approximate surface area is 106 Å². The van der Waals surface area contributed by atoms with Crippen LogP contribution < -0.4 is 14.8 Å². The summed E-state index contributed by atoms with van der Waals surface area (Å²) in [5.41, 5.74) is 0.644. The Balaban J connectivity index is 2.31. The Hall–Kier alpha value is -1.75. The van der Waals surface area contributed by atoms with E-state index in [1.54, 1.807) is 25.3 Å². The molecule has 2 unspecified atom stereocenters. The highest BCUT2D eigenvalue weighted by atomic mass is 16.5. The number of aliphatic hydroxyl groups is 1. The first-order valence-electron chi connectivity index (χ1n) is 5.87. The van der Waals surface area contributed by atoms with Gasteiger partial charge >= 0.3 is 0 Å². The molecule has 5 heteroatoms. The molecule has 0 fully saturated rings. The summed E-state index contributed by atoms with van der Waals surface area (Å²) in [6, 6.07) is 4.95. The molecule has 18 heavy (non-hydrogen) atoms. The van der Waals surface area contributed by atoms with Crippen molar-refractivity contribution in [2.24, 2.45) is 0 Å². The lowest BCUT2D eigenvalue weighted by Gasteiger charge is -2.21. The van der Waals surface area contributed by atoms with Crippen molar-refractivity contribution in [1.29, 1.82) is 0 Å². The van der Waals surface area contributed by atoms with E-state index in [1.807, 2.05) is 0 Å². The van der Waals surface area contributed by atoms with Crippen molar-refractivity contribution in [1.82, 2.24) is 5.32 Å². The van der Waals surface area contributed by atoms with Gasteiger partial charge in [0.2, 0.25) is 5.91 Å². The first-order valence-corrected chi connectivity index (χ1v) is 5.87. The monoisotopic (exact) mass is 251 g/mol. The fourth-order valence-electron chi connectivity index (χ4n) is 2.10. The summed E-state index contributed by atoms with van der Waals surface area (Å²) in [5, 5.41) is 13.1. The SMILES string of the molecule is COc1ccc2c(c1)C(O)C(NC(C)=O)CCO2. The fourth-order valence-corrected chi connectivity index (χ4v) is 2.10. The number of carbonyl (C=O) groups is 1. The average molecular weight is 251 g/mol. The first-order chi connectivity index (χ1) is 8.61. The topological polar surface area (TPSA) is 67.8 Å². The first kappa shape index (κ1) is 12.7. The maximum Gasteiger partial charge on any atom is 0.217 e. The predicted octanol–water partition coefficient (Wildman–Crippen LogP) is 1.02. The second-order valence-electron chi connectivity index (χ2n) is 4.29. The molecule has 0 saturated carbocycles. The molecule has 2 atom stereocenters. The lowest BCUT2D eigenvalue weighted by Crippen LogP contribution is -2.38. The van der Waals surface area contributed by atoms with Gasteiger partial charge in [0.1, 0.15) is 17.6 Å². The third-order valence-electron chi connectivity index (χ3n) is 2.99. The van der Waals surface area contributed by atoms with Gasteiger partial charge in [0.25, 0.3) is 0 Å². The zero-order chi connectivity index (χ0) is 13.1. The van der Waals surface area contributed by atoms with Crippen LogP contribution in [0.4, 0.5) is 0 Å². The Morgan fingerprint density at radius 2 is 2.33 bits per heavy atom. The molecule has 5 nitrogen and oxygen atoms in total. The zero-order valence-corrected chi connectivity index (χ0v) is 10.5. The predicted molar refractivity (Wildman–Crippen MR) is 65.7 cm³/mol. The second-order valence-corrected chi connectivity index (χ2v) is 4.29. The minimum absolute atomic E-state index is 0.162. The highest BCUT2D eigenvalue weighted by Gasteiger charge is 2.28. The molecular formula is C13H17NO4. The van der Waals surface area contributed by atoms with E-state index < -0.39 is 6.10 Å². The van der Waals surface area contributed by atoms with Crippen molar-refractivity contribution in [3.63, 3.8) is 0 Å². The molecule has 2 rings (SSSR count). The van der Waals surface area contributed by atoms with E-state index in [0.717, 1.165) is 0 Å². The van der Waals surface area contributed by atoms with Crippen LogP contribution in [0.15, 0.2) is 18.2 Å². The van der Waals surface area contributed by atoms with E-state index in [4.69, 9.17) is 9.47 Å². The molecule has 2 N–H and O–H groups in total. The maximum absolute atomic E-state index is 11.1. The van der Waals surface area contributed by atoms with Crippen LogP contribution in [0.2, 0.25) is 0 Å². The molecule has 1 amide bonds. The van der Waals surface area contributed by atoms with E-state index in [1.165, 1.54) is 6.92 Å². The highest BCUT2D eigenvalue weighted by Crippen LogP contribution is 2.34. The summed E-state index contributed by atoms with van der Waals surface area (Å²) in [5.74, 6) is 1.13. The number of ether oxygens (including phenoxy) is 2. The number of nitrogens with one attached hydrogen (secondary N) is 1. The molecule has 0 spiro atoms. The molecule has 1 aliphatic heterocycles. The number of aliphatic hydroxyl groups excluding tert-OH is 1. The third kappa shape index (κ3) is 2.56. The van der Waals surface area contributed by atoms with E-state index in [9.17, 15) is 9.90 Å². The number of hydrogen-bond donors (Lipinski definition) is 2. The smallest absolute Gasteiger partial charge is 0.217 e. The molecule has 1 aliphatic rings. The van der Waals surface area contributed by atoms with Gasteiger partial charge in [0, 0.05) is 18.9 Å². The van der Waals surface area contributed by atoms with Gasteiger partial charge in [-0.25, -0.2) is 0 Å². The quantitative estimate of drug-likeness (QED) is 0.823. The van der Waals surface area contributed by atoms with Gasteiger partial charge in [0.05, 0.1) is 19.8 Å². The van der Waals surface area contributed by atoms with Gasteiger partial charge in [-0.15, -0.1) is 0 Å². The van der Waals surface area contributed by atoms with Crippen molar-refractivity contribution in [3.8, 4) is 11.5 Å². The molecular weight excluding hydrogens is 234 g/mol. The third-order valence-corrected chi connectivity index (χ3v) is 2.99. The largest absolute Gasteiger partial charge is 0.497 e. The molecule has 0 bridgehead atoms. The van der Waals surface area contributed by atoms with Crippen molar-refractivity contribution >= 4 is 5.91 Å². The lowest BCUT2D eigenvalue weighted by atomic mass is 10.00. The van der Waals surface area contributed by atoms with Crippen LogP contribution >= 0.6 is 0 Å². The standard InChI is InChI=1S/C13H17NO4/c1-8(15)14-11-5-6-18-12-4-3-9(17-2)7-10(12)13(11)16/h3-4,7,11,13,16H,5-6H2,1-2H3,(H,14,15). The summed E-state index contributed by atoms with van der Waals surface area (Å²) in [4.78, 5) is 11.1. The molecule has 1 heterocycles. The Kier molecular flexibility index (Phi) is 3.72. The molecule has 0 radical (unpaired) electrons. The van der Waals surface area contributed by atoms with Crippen LogP contribution in [0.5, 0.6) is 11.5 Å². The van der Waals surface area contributed by atoms with Crippen LogP contribution in [-0.4, -0.2) is 30.8 Å². The van der Waals surface area contributed by atoms with Crippen molar-refractivity contribution < 1.29 is 19.4 Å². The Morgan fingerprint density at radius 3 is 3.00 bits per heavy atom. The lowest BCUT2D eigenvalue weighted by molar-refractivity contribution is -0.120. The maximum atomic E-state index is 11.1. The van der Waals surface area contributed by atoms with Crippen LogP contribution in [0, 0.1) is 0 Å². The van der Waals surface area contributed by atoms with Gasteiger partial charge < -0.3 is 19.9 Å². The van der Waals surface area contributed by atoms with Crippen molar-refractivity contribution in [3.05, 3.63) is 23.8 Å². The van der Waals surface area contributed by atoms with Crippen LogP contribution in [0.3, 0.4) is 0 Å². The number of hydrogen-bond acceptors (Lipinski definition) is 4. The van der Waals surface area contributed by atoms with Gasteiger partial charge in [0.15, 0.2) is 0 Å². The van der Waals surface area contributed by atoms with Gasteiger partial charge in [-0.2, -0.15) is 0 Å². The van der Waals surface area contributed by atoms with Crippen LogP contribution in [0.25, 0.3) is 0 Å². The van der Waals surface area contributed by atoms with E-state index in [2.05, 4.69) is 5.32 Å². The molecule has 1 aromatic rings. The molecule has 98 valence electrons. The fraction of sp³-hybridized carbons (Fsp3) is 0.462. The summed E-state index contributed by atoms with van der Waals surface area (Å²) in [6.07, 6.45) is -0.223. The van der Waals surface area contributed by atoms with Crippen LogP contribution in [0.1, 0.15) is 25.0 Å². The van der Waals surface area contributed by atoms with Crippen molar-refractivity contribution in [2.45, 2.75) is 25.5 Å². The molecule has 0 aromatic heterocycles. The summed E-state index contributed by atoms with van der Waals surface area (Å²) in [6.45, 7) is 1.90. The van der Waals surface area contributed by atoms with E-state index in [-0.39, 0.29) is 11.9 Å². The number of amides is 1.